The standard InChI is InChI=1S/C15H14F3N5O3S2/c1-8(11(24)23-7-6-19-13(23)25)27-14-22-21-12(28-14)20-9-2-4-10(5-3-9)26-15(16,17)18/h2-5,8H,6-7H2,1H3,(H,19,25)(H,20,21). The molecule has 28 heavy (non-hydrogen) atoms. The van der Waals surface area contributed by atoms with Gasteiger partial charge in [0.25, 0.3) is 0 Å². The van der Waals surface area contributed by atoms with Crippen molar-refractivity contribution in [3.63, 3.8) is 0 Å². The largest absolute Gasteiger partial charge is 0.573 e. The molecule has 2 heterocycles. The number of carbonyl (C=O) groups excluding carboxylic acids is 2. The zero-order chi connectivity index (χ0) is 20.3. The van der Waals surface area contributed by atoms with Gasteiger partial charge in [-0.25, -0.2) is 4.79 Å². The zero-order valence-corrected chi connectivity index (χ0v) is 16.0. The summed E-state index contributed by atoms with van der Waals surface area (Å²) < 4.78 is 40.8. The summed E-state index contributed by atoms with van der Waals surface area (Å²) in [6.07, 6.45) is -4.75. The van der Waals surface area contributed by atoms with E-state index in [9.17, 15) is 22.8 Å². The monoisotopic (exact) mass is 433 g/mol. The third-order valence-corrected chi connectivity index (χ3v) is 5.50. The SMILES string of the molecule is CC(Sc1nnc(Nc2ccc(OC(F)(F)F)cc2)s1)C(=O)N1CCNC1=O. The lowest BCUT2D eigenvalue weighted by atomic mass is 10.3. The van der Waals surface area contributed by atoms with Gasteiger partial charge < -0.3 is 15.4 Å². The summed E-state index contributed by atoms with van der Waals surface area (Å²) >= 11 is 2.35. The van der Waals surface area contributed by atoms with Crippen molar-refractivity contribution in [3.8, 4) is 5.75 Å². The van der Waals surface area contributed by atoms with Crippen LogP contribution in [0, 0.1) is 0 Å². The summed E-state index contributed by atoms with van der Waals surface area (Å²) in [7, 11) is 0. The van der Waals surface area contributed by atoms with E-state index in [0.29, 0.717) is 28.2 Å². The van der Waals surface area contributed by atoms with Crippen molar-refractivity contribution < 1.29 is 27.5 Å². The zero-order valence-electron chi connectivity index (χ0n) is 14.3. The van der Waals surface area contributed by atoms with E-state index in [-0.39, 0.29) is 11.7 Å². The smallest absolute Gasteiger partial charge is 0.406 e. The summed E-state index contributed by atoms with van der Waals surface area (Å²) in [6.45, 7) is 2.44. The predicted octanol–water partition coefficient (Wildman–Crippen LogP) is 3.21. The number of hydrogen-bond acceptors (Lipinski definition) is 8. The molecule has 0 spiro atoms. The molecule has 1 aliphatic rings. The lowest BCUT2D eigenvalue weighted by Crippen LogP contribution is -2.38. The van der Waals surface area contributed by atoms with Crippen molar-refractivity contribution in [1.82, 2.24) is 20.4 Å². The van der Waals surface area contributed by atoms with Crippen molar-refractivity contribution in [3.05, 3.63) is 24.3 Å². The maximum atomic E-state index is 12.3. The van der Waals surface area contributed by atoms with E-state index in [1.807, 2.05) is 0 Å². The molecule has 1 aliphatic heterocycles. The number of carbonyl (C=O) groups is 2. The van der Waals surface area contributed by atoms with E-state index in [1.54, 1.807) is 6.92 Å². The second kappa shape index (κ2) is 8.22. The van der Waals surface area contributed by atoms with Crippen LogP contribution in [0.1, 0.15) is 6.92 Å². The van der Waals surface area contributed by atoms with Crippen molar-refractivity contribution in [1.29, 1.82) is 0 Å². The van der Waals surface area contributed by atoms with Gasteiger partial charge in [0.15, 0.2) is 4.34 Å². The van der Waals surface area contributed by atoms with Crippen molar-refractivity contribution in [2.45, 2.75) is 22.9 Å². The first-order chi connectivity index (χ1) is 13.2. The normalized spacial score (nSPS) is 15.3. The number of urea groups is 1. The molecule has 1 saturated heterocycles. The van der Waals surface area contributed by atoms with E-state index in [4.69, 9.17) is 0 Å². The maximum Gasteiger partial charge on any atom is 0.573 e. The van der Waals surface area contributed by atoms with Crippen LogP contribution in [0.15, 0.2) is 28.6 Å². The Labute approximate surface area is 165 Å². The van der Waals surface area contributed by atoms with Crippen LogP contribution in [-0.2, 0) is 4.79 Å². The molecule has 1 aromatic heterocycles. The van der Waals surface area contributed by atoms with Gasteiger partial charge in [0, 0.05) is 18.8 Å². The Morgan fingerprint density at radius 1 is 1.36 bits per heavy atom. The first-order valence-corrected chi connectivity index (χ1v) is 9.63. The Bertz CT molecular complexity index is 859. The molecule has 1 atom stereocenters. The fraction of sp³-hybridized carbons (Fsp3) is 0.333. The molecule has 1 fully saturated rings. The minimum atomic E-state index is -4.75. The summed E-state index contributed by atoms with van der Waals surface area (Å²) in [5, 5.41) is 13.3. The molecular weight excluding hydrogens is 419 g/mol. The minimum absolute atomic E-state index is 0.315. The Hall–Kier alpha value is -2.54. The molecule has 0 bridgehead atoms. The summed E-state index contributed by atoms with van der Waals surface area (Å²) in [5.74, 6) is -0.644. The predicted molar refractivity (Wildman–Crippen MR) is 96.7 cm³/mol. The molecule has 13 heteroatoms. The molecule has 3 rings (SSSR count). The van der Waals surface area contributed by atoms with Gasteiger partial charge in [-0.05, 0) is 31.2 Å². The first kappa shape index (κ1) is 20.2. The van der Waals surface area contributed by atoms with Gasteiger partial charge in [-0.1, -0.05) is 23.1 Å². The Balaban J connectivity index is 1.56. The number of thioether (sulfide) groups is 1. The average Bonchev–Trinajstić information content (AvgIpc) is 3.23. The van der Waals surface area contributed by atoms with Gasteiger partial charge in [-0.15, -0.1) is 23.4 Å². The maximum absolute atomic E-state index is 12.3. The van der Waals surface area contributed by atoms with E-state index >= 15 is 0 Å². The third-order valence-electron chi connectivity index (χ3n) is 3.49. The van der Waals surface area contributed by atoms with Crippen molar-refractivity contribution in [2.24, 2.45) is 0 Å². The van der Waals surface area contributed by atoms with Crippen LogP contribution < -0.4 is 15.4 Å². The highest BCUT2D eigenvalue weighted by molar-refractivity contribution is 8.02. The highest BCUT2D eigenvalue weighted by Gasteiger charge is 2.31. The molecule has 2 aromatic rings. The molecule has 8 nitrogen and oxygen atoms in total. The third kappa shape index (κ3) is 5.25. The van der Waals surface area contributed by atoms with E-state index in [2.05, 4.69) is 25.6 Å². The van der Waals surface area contributed by atoms with Crippen LogP contribution in [0.5, 0.6) is 5.75 Å². The molecule has 1 aromatic carbocycles. The van der Waals surface area contributed by atoms with Crippen LogP contribution >= 0.6 is 23.1 Å². The second-order valence-corrected chi connectivity index (χ2v) is 8.12. The van der Waals surface area contributed by atoms with Gasteiger partial charge in [0.05, 0.1) is 5.25 Å². The fourth-order valence-corrected chi connectivity index (χ4v) is 4.25. The van der Waals surface area contributed by atoms with Gasteiger partial charge in [0.2, 0.25) is 11.0 Å². The summed E-state index contributed by atoms with van der Waals surface area (Å²) in [4.78, 5) is 25.0. The number of nitrogens with one attached hydrogen (secondary N) is 2. The number of amides is 3. The van der Waals surface area contributed by atoms with E-state index in [0.717, 1.165) is 4.90 Å². The van der Waals surface area contributed by atoms with Crippen molar-refractivity contribution in [2.75, 3.05) is 18.4 Å². The molecule has 0 saturated carbocycles. The Kier molecular flexibility index (Phi) is 5.93. The molecule has 150 valence electrons. The number of aromatic nitrogens is 2. The Morgan fingerprint density at radius 2 is 2.07 bits per heavy atom. The first-order valence-electron chi connectivity index (χ1n) is 7.93. The lowest BCUT2D eigenvalue weighted by molar-refractivity contribution is -0.274. The molecule has 2 N–H and O–H groups in total. The minimum Gasteiger partial charge on any atom is -0.406 e. The van der Waals surface area contributed by atoms with E-state index in [1.165, 1.54) is 47.4 Å². The molecular formula is C15H14F3N5O3S2. The Morgan fingerprint density at radius 3 is 2.68 bits per heavy atom. The number of rotatable bonds is 6. The number of hydrogen-bond donors (Lipinski definition) is 2. The van der Waals surface area contributed by atoms with Gasteiger partial charge in [-0.3, -0.25) is 9.69 Å². The second-order valence-electron chi connectivity index (χ2n) is 5.55. The van der Waals surface area contributed by atoms with Gasteiger partial charge in [-0.2, -0.15) is 0 Å². The summed E-state index contributed by atoms with van der Waals surface area (Å²) in [6, 6.07) is 4.76. The number of anilines is 2. The van der Waals surface area contributed by atoms with Crippen LogP contribution in [0.2, 0.25) is 0 Å². The molecule has 0 aliphatic carbocycles. The molecule has 1 unspecified atom stereocenters. The highest BCUT2D eigenvalue weighted by Crippen LogP contribution is 2.32. The van der Waals surface area contributed by atoms with Crippen molar-refractivity contribution >= 4 is 45.9 Å². The van der Waals surface area contributed by atoms with Crippen LogP contribution in [0.25, 0.3) is 0 Å². The van der Waals surface area contributed by atoms with Gasteiger partial charge >= 0.3 is 12.4 Å². The number of alkyl halides is 3. The van der Waals surface area contributed by atoms with Gasteiger partial charge in [0.1, 0.15) is 5.75 Å². The number of imide groups is 1. The highest BCUT2D eigenvalue weighted by atomic mass is 32.2. The quantitative estimate of drug-likeness (QED) is 0.676. The lowest BCUT2D eigenvalue weighted by Gasteiger charge is -2.16. The van der Waals surface area contributed by atoms with Crippen LogP contribution in [0.4, 0.5) is 28.8 Å². The van der Waals surface area contributed by atoms with Crippen LogP contribution in [0.3, 0.4) is 0 Å². The number of ether oxygens (including phenoxy) is 1. The van der Waals surface area contributed by atoms with Crippen LogP contribution in [-0.4, -0.2) is 51.7 Å². The number of benzene rings is 1. The summed E-state index contributed by atoms with van der Waals surface area (Å²) in [5.41, 5.74) is 0.500. The molecule has 3 amide bonds. The average molecular weight is 433 g/mol. The number of nitrogens with zero attached hydrogens (tertiary/aromatic N) is 3. The fourth-order valence-electron chi connectivity index (χ4n) is 2.27. The topological polar surface area (TPSA) is 96.5 Å². The number of halogens is 3. The molecule has 0 radical (unpaired) electrons. The van der Waals surface area contributed by atoms with E-state index < -0.39 is 17.6 Å².